The summed E-state index contributed by atoms with van der Waals surface area (Å²) in [5.41, 5.74) is 5.43. The van der Waals surface area contributed by atoms with E-state index >= 15 is 0 Å². The summed E-state index contributed by atoms with van der Waals surface area (Å²) in [6.07, 6.45) is -0.485. The van der Waals surface area contributed by atoms with Gasteiger partial charge in [-0.25, -0.2) is 0 Å². The highest BCUT2D eigenvalue weighted by Crippen LogP contribution is 2.20. The van der Waals surface area contributed by atoms with Gasteiger partial charge in [0.25, 0.3) is 0 Å². The largest absolute Gasteiger partial charge is 0.404 e. The summed E-state index contributed by atoms with van der Waals surface area (Å²) in [6, 6.07) is 0.836. The Kier molecular flexibility index (Phi) is 13.5. The predicted octanol–water partition coefficient (Wildman–Crippen LogP) is 0.529. The van der Waals surface area contributed by atoms with Crippen LogP contribution in [0.15, 0.2) is 0 Å². The summed E-state index contributed by atoms with van der Waals surface area (Å²) in [5, 5.41) is 3.25. The van der Waals surface area contributed by atoms with Crippen LogP contribution in [0.4, 0.5) is 0 Å². The zero-order valence-corrected chi connectivity index (χ0v) is 15.0. The van der Waals surface area contributed by atoms with Crippen molar-refractivity contribution in [3.8, 4) is 0 Å². The molecule has 0 saturated heterocycles. The maximum atomic E-state index is 5.91. The average molecular weight is 324 g/mol. The Labute approximate surface area is 130 Å². The van der Waals surface area contributed by atoms with Crippen LogP contribution in [0.5, 0.6) is 0 Å². The smallest absolute Gasteiger partial charge is 0.400 e. The minimum Gasteiger partial charge on any atom is -0.400 e. The molecule has 0 aromatic heterocycles. The molecule has 7 nitrogen and oxygen atoms in total. The van der Waals surface area contributed by atoms with Gasteiger partial charge in [-0.3, -0.25) is 0 Å². The fourth-order valence-corrected chi connectivity index (χ4v) is 3.28. The fourth-order valence-electron chi connectivity index (χ4n) is 1.76. The summed E-state index contributed by atoms with van der Waals surface area (Å²) < 4.78 is 28.0. The molecule has 0 aliphatic carbocycles. The Hall–Kier alpha value is -0.0631. The monoisotopic (exact) mass is 324 g/mol. The molecule has 128 valence electrons. The lowest BCUT2D eigenvalue weighted by Gasteiger charge is -2.33. The third kappa shape index (κ3) is 9.53. The van der Waals surface area contributed by atoms with Gasteiger partial charge in [-0.1, -0.05) is 0 Å². The predicted molar refractivity (Wildman–Crippen MR) is 84.2 cm³/mol. The molecule has 0 heterocycles. The molecule has 0 aliphatic heterocycles. The molecule has 0 aromatic rings. The first-order chi connectivity index (χ1) is 10.2. The molecule has 0 spiro atoms. The molecule has 1 unspecified atom stereocenters. The molecule has 0 fully saturated rings. The van der Waals surface area contributed by atoms with Crippen molar-refractivity contribution in [3.63, 3.8) is 0 Å². The molecule has 0 aliphatic rings. The van der Waals surface area contributed by atoms with Crippen LogP contribution in [-0.4, -0.2) is 62.0 Å². The number of nitrogens with two attached hydrogens (primary N) is 1. The molecule has 0 radical (unpaired) electrons. The third-order valence-corrected chi connectivity index (χ3v) is 4.57. The van der Waals surface area contributed by atoms with E-state index in [9.17, 15) is 0 Å². The Morgan fingerprint density at radius 1 is 1.00 bits per heavy atom. The molecule has 8 heteroatoms. The topological polar surface area (TPSA) is 84.2 Å². The van der Waals surface area contributed by atoms with E-state index in [1.807, 2.05) is 20.8 Å². The van der Waals surface area contributed by atoms with Crippen LogP contribution in [0.2, 0.25) is 6.04 Å². The van der Waals surface area contributed by atoms with E-state index < -0.39 is 15.4 Å². The normalized spacial score (nSPS) is 13.6. The molecule has 1 atom stereocenters. The fraction of sp³-hybridized carbons (Fsp3) is 1.00. The summed E-state index contributed by atoms with van der Waals surface area (Å²) in [6.45, 7) is 9.26. The van der Waals surface area contributed by atoms with Crippen LogP contribution in [0.3, 0.4) is 0 Å². The molecule has 0 aromatic carbocycles. The SMILES string of the molecule is CCOC(OCC)(OCC)O[SiH](CCCNCCN)OC. The Bertz CT molecular complexity index is 220. The van der Waals surface area contributed by atoms with Crippen molar-refractivity contribution in [2.24, 2.45) is 5.73 Å². The lowest BCUT2D eigenvalue weighted by atomic mass is 10.5. The van der Waals surface area contributed by atoms with E-state index in [0.29, 0.717) is 26.4 Å². The summed E-state index contributed by atoms with van der Waals surface area (Å²) in [4.78, 5) is 0. The molecule has 3 N–H and O–H groups in total. The van der Waals surface area contributed by atoms with Crippen molar-refractivity contribution in [2.75, 3.05) is 46.6 Å². The van der Waals surface area contributed by atoms with Crippen LogP contribution in [-0.2, 0) is 23.1 Å². The number of ether oxygens (including phenoxy) is 3. The minimum absolute atomic E-state index is 0.433. The van der Waals surface area contributed by atoms with Gasteiger partial charge >= 0.3 is 15.4 Å². The second kappa shape index (κ2) is 13.6. The molecule has 0 rings (SSSR count). The van der Waals surface area contributed by atoms with Crippen molar-refractivity contribution in [3.05, 3.63) is 0 Å². The van der Waals surface area contributed by atoms with Crippen molar-refractivity contribution in [2.45, 2.75) is 39.4 Å². The van der Waals surface area contributed by atoms with Gasteiger partial charge in [0, 0.05) is 20.2 Å². The standard InChI is InChI=1S/C13H32N2O5Si/c1-5-17-13(18-6-2,19-7-3)20-21(16-4)12-8-10-15-11-9-14/h15,21H,5-12,14H2,1-4H3. The van der Waals surface area contributed by atoms with Crippen LogP contribution in [0, 0.1) is 0 Å². The summed E-state index contributed by atoms with van der Waals surface area (Å²) >= 11 is 0. The maximum absolute atomic E-state index is 5.91. The third-order valence-electron chi connectivity index (χ3n) is 2.62. The van der Waals surface area contributed by atoms with Gasteiger partial charge in [-0.2, -0.15) is 0 Å². The Morgan fingerprint density at radius 2 is 1.57 bits per heavy atom. The van der Waals surface area contributed by atoms with Gasteiger partial charge in [-0.15, -0.1) is 0 Å². The quantitative estimate of drug-likeness (QED) is 0.258. The maximum Gasteiger partial charge on any atom is 0.404 e. The Balaban J connectivity index is 4.39. The van der Waals surface area contributed by atoms with Gasteiger partial charge in [0.15, 0.2) is 0 Å². The number of hydrogen-bond donors (Lipinski definition) is 2. The first-order valence-electron chi connectivity index (χ1n) is 7.71. The van der Waals surface area contributed by atoms with Crippen LogP contribution >= 0.6 is 0 Å². The zero-order chi connectivity index (χ0) is 16.0. The van der Waals surface area contributed by atoms with Gasteiger partial charge in [0.2, 0.25) is 0 Å². The molecular weight excluding hydrogens is 292 g/mol. The highest BCUT2D eigenvalue weighted by Gasteiger charge is 2.38. The zero-order valence-electron chi connectivity index (χ0n) is 13.9. The van der Waals surface area contributed by atoms with E-state index in [1.165, 1.54) is 0 Å². The lowest BCUT2D eigenvalue weighted by molar-refractivity contribution is -0.473. The van der Waals surface area contributed by atoms with E-state index in [0.717, 1.165) is 25.6 Å². The minimum atomic E-state index is -1.93. The second-order valence-corrected chi connectivity index (χ2v) is 6.41. The first kappa shape index (κ1) is 20.9. The van der Waals surface area contributed by atoms with Crippen molar-refractivity contribution in [1.29, 1.82) is 0 Å². The lowest BCUT2D eigenvalue weighted by Crippen LogP contribution is -2.47. The van der Waals surface area contributed by atoms with Crippen LogP contribution in [0.1, 0.15) is 27.2 Å². The van der Waals surface area contributed by atoms with Crippen molar-refractivity contribution < 1.29 is 23.1 Å². The molecular formula is C13H32N2O5Si. The molecule has 21 heavy (non-hydrogen) atoms. The summed E-state index contributed by atoms with van der Waals surface area (Å²) in [7, 11) is -0.279. The number of rotatable bonds is 15. The molecule has 0 amide bonds. The second-order valence-electron chi connectivity index (χ2n) is 4.26. The summed E-state index contributed by atoms with van der Waals surface area (Å²) in [5.74, 6) is 0. The number of hydrogen-bond acceptors (Lipinski definition) is 7. The van der Waals surface area contributed by atoms with Gasteiger partial charge < -0.3 is 34.1 Å². The van der Waals surface area contributed by atoms with E-state index in [-0.39, 0.29) is 0 Å². The van der Waals surface area contributed by atoms with Gasteiger partial charge in [0.1, 0.15) is 0 Å². The van der Waals surface area contributed by atoms with Gasteiger partial charge in [-0.05, 0) is 39.8 Å². The van der Waals surface area contributed by atoms with Crippen LogP contribution < -0.4 is 11.1 Å². The van der Waals surface area contributed by atoms with Crippen molar-refractivity contribution in [1.82, 2.24) is 5.32 Å². The van der Waals surface area contributed by atoms with Crippen LogP contribution in [0.25, 0.3) is 0 Å². The Morgan fingerprint density at radius 3 is 2.00 bits per heavy atom. The molecule has 0 bridgehead atoms. The van der Waals surface area contributed by atoms with Gasteiger partial charge in [0.05, 0.1) is 19.8 Å². The first-order valence-corrected chi connectivity index (χ1v) is 9.47. The number of nitrogens with one attached hydrogen (secondary N) is 1. The van der Waals surface area contributed by atoms with E-state index in [4.69, 9.17) is 28.8 Å². The highest BCUT2D eigenvalue weighted by atomic mass is 28.3. The van der Waals surface area contributed by atoms with E-state index in [2.05, 4.69) is 5.32 Å². The van der Waals surface area contributed by atoms with Crippen molar-refractivity contribution >= 4 is 9.28 Å². The van der Waals surface area contributed by atoms with E-state index in [1.54, 1.807) is 7.11 Å². The highest BCUT2D eigenvalue weighted by molar-refractivity contribution is 6.44. The average Bonchev–Trinajstić information content (AvgIpc) is 2.46. The molecule has 0 saturated carbocycles.